The van der Waals surface area contributed by atoms with Crippen LogP contribution < -0.4 is 11.1 Å². The van der Waals surface area contributed by atoms with Crippen molar-refractivity contribution >= 4 is 12.1 Å². The lowest BCUT2D eigenvalue weighted by molar-refractivity contribution is 0.864. The maximum atomic E-state index is 5.22. The molecule has 0 aliphatic carbocycles. The standard InChI is InChI=1S/C5H9N3.C3H9N/c1-3-8-5(6)4-7-2;1-3-4-2/h3-4H,1H2,2H3,(H2,6,8);4H,3H2,1-2H3. The molecule has 0 rings (SSSR count). The van der Waals surface area contributed by atoms with E-state index in [2.05, 4.69) is 28.8 Å². The minimum absolute atomic E-state index is 0.377. The molecule has 0 aliphatic rings. The lowest BCUT2D eigenvalue weighted by Crippen LogP contribution is -2.11. The first-order valence-electron chi connectivity index (χ1n) is 3.73. The number of nitrogens with two attached hydrogens (primary N) is 1. The van der Waals surface area contributed by atoms with Gasteiger partial charge in [-0.1, -0.05) is 13.5 Å². The van der Waals surface area contributed by atoms with Gasteiger partial charge in [0, 0.05) is 13.2 Å². The SMILES string of the molecule is C=CN=C(N)C=NC.CCNC. The lowest BCUT2D eigenvalue weighted by Gasteiger charge is -1.82. The van der Waals surface area contributed by atoms with Crippen molar-refractivity contribution in [2.45, 2.75) is 6.92 Å². The Morgan fingerprint density at radius 1 is 1.67 bits per heavy atom. The second kappa shape index (κ2) is 12.5. The van der Waals surface area contributed by atoms with Crippen LogP contribution in [0.2, 0.25) is 0 Å². The van der Waals surface area contributed by atoms with Gasteiger partial charge < -0.3 is 11.1 Å². The van der Waals surface area contributed by atoms with E-state index in [1.54, 1.807) is 7.05 Å². The zero-order valence-corrected chi connectivity index (χ0v) is 8.04. The van der Waals surface area contributed by atoms with E-state index >= 15 is 0 Å². The highest BCUT2D eigenvalue weighted by Crippen LogP contribution is 1.65. The van der Waals surface area contributed by atoms with E-state index in [0.29, 0.717) is 5.84 Å². The molecule has 0 fully saturated rings. The van der Waals surface area contributed by atoms with Gasteiger partial charge in [-0.25, -0.2) is 4.99 Å². The summed E-state index contributed by atoms with van der Waals surface area (Å²) in [7, 11) is 3.56. The minimum Gasteiger partial charge on any atom is -0.382 e. The van der Waals surface area contributed by atoms with Crippen molar-refractivity contribution in [1.82, 2.24) is 5.32 Å². The van der Waals surface area contributed by atoms with Crippen molar-refractivity contribution < 1.29 is 0 Å². The van der Waals surface area contributed by atoms with Crippen LogP contribution in [0.4, 0.5) is 0 Å². The lowest BCUT2D eigenvalue weighted by atomic mass is 10.6. The van der Waals surface area contributed by atoms with Gasteiger partial charge in [0.1, 0.15) is 5.84 Å². The summed E-state index contributed by atoms with van der Waals surface area (Å²) in [6.07, 6.45) is 2.83. The van der Waals surface area contributed by atoms with Crippen LogP contribution in [-0.2, 0) is 0 Å². The summed E-state index contributed by atoms with van der Waals surface area (Å²) in [5, 5.41) is 2.93. The topological polar surface area (TPSA) is 62.8 Å². The summed E-state index contributed by atoms with van der Waals surface area (Å²) in [5.41, 5.74) is 5.22. The molecule has 0 aromatic rings. The van der Waals surface area contributed by atoms with Gasteiger partial charge in [0.2, 0.25) is 0 Å². The summed E-state index contributed by atoms with van der Waals surface area (Å²) >= 11 is 0. The Kier molecular flexibility index (Phi) is 14.0. The van der Waals surface area contributed by atoms with Crippen molar-refractivity contribution in [2.75, 3.05) is 20.6 Å². The second-order valence-electron chi connectivity index (χ2n) is 1.83. The number of amidine groups is 1. The van der Waals surface area contributed by atoms with Gasteiger partial charge >= 0.3 is 0 Å². The van der Waals surface area contributed by atoms with Crippen LogP contribution in [-0.4, -0.2) is 32.7 Å². The van der Waals surface area contributed by atoms with Gasteiger partial charge in [0.05, 0.1) is 6.21 Å². The van der Waals surface area contributed by atoms with Crippen LogP contribution in [0.3, 0.4) is 0 Å². The summed E-state index contributed by atoms with van der Waals surface area (Å²) in [4.78, 5) is 7.25. The quantitative estimate of drug-likeness (QED) is 0.476. The van der Waals surface area contributed by atoms with E-state index in [-0.39, 0.29) is 0 Å². The van der Waals surface area contributed by atoms with Gasteiger partial charge in [-0.2, -0.15) is 0 Å². The third-order valence-electron chi connectivity index (χ3n) is 0.855. The molecule has 4 heteroatoms. The first-order chi connectivity index (χ1) is 5.72. The van der Waals surface area contributed by atoms with Gasteiger partial charge in [-0.15, -0.1) is 0 Å². The summed E-state index contributed by atoms with van der Waals surface area (Å²) in [5.74, 6) is 0.377. The van der Waals surface area contributed by atoms with Gasteiger partial charge in [-0.05, 0) is 13.6 Å². The van der Waals surface area contributed by atoms with Crippen LogP contribution in [0.1, 0.15) is 6.92 Å². The number of nitrogens with one attached hydrogen (secondary N) is 1. The second-order valence-corrected chi connectivity index (χ2v) is 1.83. The number of rotatable bonds is 3. The predicted octanol–water partition coefficient (Wildman–Crippen LogP) is 0.413. The number of hydrogen-bond acceptors (Lipinski definition) is 3. The Balaban J connectivity index is 0. The molecule has 0 saturated carbocycles. The third kappa shape index (κ3) is 15.9. The molecule has 0 amide bonds. The number of hydrogen-bond donors (Lipinski definition) is 2. The van der Waals surface area contributed by atoms with Crippen molar-refractivity contribution in [3.63, 3.8) is 0 Å². The molecule has 4 nitrogen and oxygen atoms in total. The highest BCUT2D eigenvalue weighted by atomic mass is 14.8. The van der Waals surface area contributed by atoms with E-state index < -0.39 is 0 Å². The monoisotopic (exact) mass is 170 g/mol. The van der Waals surface area contributed by atoms with E-state index in [0.717, 1.165) is 6.54 Å². The van der Waals surface area contributed by atoms with Crippen molar-refractivity contribution in [3.8, 4) is 0 Å². The summed E-state index contributed by atoms with van der Waals surface area (Å²) in [6, 6.07) is 0. The molecular formula is C8H18N4. The predicted molar refractivity (Wildman–Crippen MR) is 55.8 cm³/mol. The molecule has 3 N–H and O–H groups in total. The molecule has 0 bridgehead atoms. The molecule has 70 valence electrons. The largest absolute Gasteiger partial charge is 0.382 e. The maximum absolute atomic E-state index is 5.22. The zero-order valence-electron chi connectivity index (χ0n) is 8.04. The molecular weight excluding hydrogens is 152 g/mol. The molecule has 0 radical (unpaired) electrons. The molecule has 0 unspecified atom stereocenters. The highest BCUT2D eigenvalue weighted by molar-refractivity contribution is 6.28. The van der Waals surface area contributed by atoms with E-state index in [1.165, 1.54) is 12.4 Å². The van der Waals surface area contributed by atoms with Crippen molar-refractivity contribution in [3.05, 3.63) is 12.8 Å². The van der Waals surface area contributed by atoms with Gasteiger partial charge in [0.15, 0.2) is 0 Å². The van der Waals surface area contributed by atoms with Crippen LogP contribution in [0, 0.1) is 0 Å². The van der Waals surface area contributed by atoms with Gasteiger partial charge in [0.25, 0.3) is 0 Å². The van der Waals surface area contributed by atoms with E-state index in [1.807, 2.05) is 7.05 Å². The van der Waals surface area contributed by atoms with Gasteiger partial charge in [-0.3, -0.25) is 4.99 Å². The van der Waals surface area contributed by atoms with Crippen LogP contribution in [0.5, 0.6) is 0 Å². The number of aliphatic imine (C=N–C) groups is 2. The van der Waals surface area contributed by atoms with Crippen molar-refractivity contribution in [1.29, 1.82) is 0 Å². The fraction of sp³-hybridized carbons (Fsp3) is 0.500. The maximum Gasteiger partial charge on any atom is 0.141 e. The minimum atomic E-state index is 0.377. The Morgan fingerprint density at radius 2 is 2.17 bits per heavy atom. The first-order valence-corrected chi connectivity index (χ1v) is 3.73. The number of nitrogens with zero attached hydrogens (tertiary/aromatic N) is 2. The fourth-order valence-electron chi connectivity index (χ4n) is 0.271. The molecule has 0 aliphatic heterocycles. The van der Waals surface area contributed by atoms with Crippen LogP contribution in [0.15, 0.2) is 22.8 Å². The Bertz CT molecular complexity index is 147. The first kappa shape index (κ1) is 13.4. The molecule has 12 heavy (non-hydrogen) atoms. The molecule has 0 heterocycles. The van der Waals surface area contributed by atoms with E-state index in [4.69, 9.17) is 5.73 Å². The fourth-order valence-corrected chi connectivity index (χ4v) is 0.271. The Hall–Kier alpha value is -1.16. The summed E-state index contributed by atoms with van der Waals surface area (Å²) < 4.78 is 0. The third-order valence-corrected chi connectivity index (χ3v) is 0.855. The smallest absolute Gasteiger partial charge is 0.141 e. The van der Waals surface area contributed by atoms with Crippen LogP contribution in [0.25, 0.3) is 0 Å². The highest BCUT2D eigenvalue weighted by Gasteiger charge is 1.75. The van der Waals surface area contributed by atoms with E-state index in [9.17, 15) is 0 Å². The van der Waals surface area contributed by atoms with Crippen molar-refractivity contribution in [2.24, 2.45) is 15.7 Å². The molecule has 0 aromatic heterocycles. The zero-order chi connectivity index (χ0) is 9.82. The normalized spacial score (nSPS) is 10.8. The molecule has 0 atom stereocenters. The average molecular weight is 170 g/mol. The molecule has 0 spiro atoms. The Labute approximate surface area is 74.3 Å². The Morgan fingerprint density at radius 3 is 2.42 bits per heavy atom. The van der Waals surface area contributed by atoms with Crippen LogP contribution >= 0.6 is 0 Å². The molecule has 0 aromatic carbocycles. The summed E-state index contributed by atoms with van der Waals surface area (Å²) in [6.45, 7) is 6.49. The average Bonchev–Trinajstić information content (AvgIpc) is 2.06. The molecule has 0 saturated heterocycles.